The van der Waals surface area contributed by atoms with Gasteiger partial charge in [0.1, 0.15) is 6.10 Å². The maximum atomic E-state index is 12.0. The van der Waals surface area contributed by atoms with Crippen molar-refractivity contribution in [3.63, 3.8) is 0 Å². The zero-order valence-corrected chi connectivity index (χ0v) is 12.7. The number of methoxy groups -OCH3 is 1. The average Bonchev–Trinajstić information content (AvgIpc) is 3.00. The Morgan fingerprint density at radius 1 is 1.05 bits per heavy atom. The normalized spacial score (nSPS) is 24.2. The highest BCUT2D eigenvalue weighted by atomic mass is 35.5. The van der Waals surface area contributed by atoms with Crippen LogP contribution in [0.2, 0.25) is 5.02 Å². The minimum Gasteiger partial charge on any atom is -0.467 e. The molecule has 0 N–H and O–H groups in total. The topological polar surface area (TPSA) is 44.8 Å². The number of esters is 1. The zero-order chi connectivity index (χ0) is 15.5. The van der Waals surface area contributed by atoms with Gasteiger partial charge < -0.3 is 14.2 Å². The molecular formula is C17H15ClO4. The molecule has 0 aromatic heterocycles. The highest BCUT2D eigenvalue weighted by Crippen LogP contribution is 2.42. The third-order valence-corrected chi connectivity index (χ3v) is 3.88. The second-order valence-corrected chi connectivity index (χ2v) is 5.31. The predicted octanol–water partition coefficient (Wildman–Crippen LogP) is 3.67. The van der Waals surface area contributed by atoms with Gasteiger partial charge in [-0.3, -0.25) is 0 Å². The summed E-state index contributed by atoms with van der Waals surface area (Å²) in [5.74, 6) is -0.483. The highest BCUT2D eigenvalue weighted by molar-refractivity contribution is 6.31. The lowest BCUT2D eigenvalue weighted by Crippen LogP contribution is -2.27. The Kier molecular flexibility index (Phi) is 4.43. The fourth-order valence-corrected chi connectivity index (χ4v) is 2.69. The van der Waals surface area contributed by atoms with Crippen molar-refractivity contribution >= 4 is 17.6 Å². The molecule has 2 aromatic carbocycles. The van der Waals surface area contributed by atoms with E-state index >= 15 is 0 Å². The summed E-state index contributed by atoms with van der Waals surface area (Å²) in [4.78, 5) is 12.0. The minimum atomic E-state index is -0.852. The van der Waals surface area contributed by atoms with E-state index in [0.717, 1.165) is 5.56 Å². The van der Waals surface area contributed by atoms with Crippen molar-refractivity contribution in [1.82, 2.24) is 0 Å². The van der Waals surface area contributed by atoms with Crippen molar-refractivity contribution in [1.29, 1.82) is 0 Å². The molecule has 0 bridgehead atoms. The van der Waals surface area contributed by atoms with Crippen molar-refractivity contribution in [2.45, 2.75) is 18.5 Å². The largest absolute Gasteiger partial charge is 0.467 e. The van der Waals surface area contributed by atoms with Gasteiger partial charge in [-0.05, 0) is 6.07 Å². The van der Waals surface area contributed by atoms with Crippen LogP contribution in [0.15, 0.2) is 54.6 Å². The summed E-state index contributed by atoms with van der Waals surface area (Å²) in [5, 5.41) is 0.527. The molecule has 22 heavy (non-hydrogen) atoms. The average molecular weight is 319 g/mol. The van der Waals surface area contributed by atoms with Crippen molar-refractivity contribution in [2.75, 3.05) is 7.11 Å². The number of hydrogen-bond acceptors (Lipinski definition) is 4. The van der Waals surface area contributed by atoms with Crippen LogP contribution >= 0.6 is 11.6 Å². The van der Waals surface area contributed by atoms with Crippen LogP contribution < -0.4 is 0 Å². The second-order valence-electron chi connectivity index (χ2n) is 4.90. The Labute approximate surface area is 133 Å². The summed E-state index contributed by atoms with van der Waals surface area (Å²) in [7, 11) is 1.32. The maximum absolute atomic E-state index is 12.0. The van der Waals surface area contributed by atoms with Crippen molar-refractivity contribution in [3.05, 3.63) is 70.7 Å². The van der Waals surface area contributed by atoms with Gasteiger partial charge >= 0.3 is 5.97 Å². The van der Waals surface area contributed by atoms with E-state index in [4.69, 9.17) is 25.8 Å². The third-order valence-electron chi connectivity index (χ3n) is 3.53. The van der Waals surface area contributed by atoms with Crippen LogP contribution in [-0.4, -0.2) is 19.2 Å². The molecule has 1 heterocycles. The SMILES string of the molecule is COC(=O)[C@@H]1OC(c2ccccc2)O[C@H]1c1ccccc1Cl. The molecule has 0 saturated carbocycles. The molecule has 4 nitrogen and oxygen atoms in total. The van der Waals surface area contributed by atoms with Crippen LogP contribution in [0, 0.1) is 0 Å². The Morgan fingerprint density at radius 3 is 2.41 bits per heavy atom. The second kappa shape index (κ2) is 6.48. The van der Waals surface area contributed by atoms with Gasteiger partial charge in [0.15, 0.2) is 12.4 Å². The molecular weight excluding hydrogens is 304 g/mol. The zero-order valence-electron chi connectivity index (χ0n) is 11.9. The lowest BCUT2D eigenvalue weighted by atomic mass is 10.0. The fraction of sp³-hybridized carbons (Fsp3) is 0.235. The van der Waals surface area contributed by atoms with Gasteiger partial charge in [-0.2, -0.15) is 0 Å². The van der Waals surface area contributed by atoms with Crippen LogP contribution in [0.5, 0.6) is 0 Å². The molecule has 0 radical (unpaired) electrons. The van der Waals surface area contributed by atoms with Crippen LogP contribution in [-0.2, 0) is 19.0 Å². The Hall–Kier alpha value is -1.88. The number of carbonyl (C=O) groups is 1. The van der Waals surface area contributed by atoms with E-state index in [1.807, 2.05) is 48.5 Å². The number of hydrogen-bond donors (Lipinski definition) is 0. The van der Waals surface area contributed by atoms with Gasteiger partial charge in [0.05, 0.1) is 7.11 Å². The summed E-state index contributed by atoms with van der Waals surface area (Å²) < 4.78 is 16.5. The van der Waals surface area contributed by atoms with Gasteiger partial charge in [-0.15, -0.1) is 0 Å². The standard InChI is InChI=1S/C17H15ClO4/c1-20-16(19)15-14(12-9-5-6-10-13(12)18)21-17(22-15)11-7-3-2-4-8-11/h2-10,14-15,17H,1H3/t14-,15+,17?/m0/s1. The highest BCUT2D eigenvalue weighted by Gasteiger charge is 2.43. The summed E-state index contributed by atoms with van der Waals surface area (Å²) in [6.45, 7) is 0. The molecule has 0 aliphatic carbocycles. The summed E-state index contributed by atoms with van der Waals surface area (Å²) in [5.41, 5.74) is 1.55. The summed E-state index contributed by atoms with van der Waals surface area (Å²) in [6.07, 6.45) is -2.09. The molecule has 3 rings (SSSR count). The number of halogens is 1. The van der Waals surface area contributed by atoms with E-state index < -0.39 is 24.5 Å². The maximum Gasteiger partial charge on any atom is 0.338 e. The first-order valence-corrected chi connectivity index (χ1v) is 7.26. The van der Waals surface area contributed by atoms with E-state index in [2.05, 4.69) is 0 Å². The minimum absolute atomic E-state index is 0.483. The Bertz CT molecular complexity index is 659. The molecule has 3 atom stereocenters. The fourth-order valence-electron chi connectivity index (χ4n) is 2.45. The first-order chi connectivity index (χ1) is 10.7. The van der Waals surface area contributed by atoms with Gasteiger partial charge in [-0.1, -0.05) is 60.1 Å². The number of ether oxygens (including phenoxy) is 3. The summed E-state index contributed by atoms with van der Waals surface area (Å²) in [6, 6.07) is 16.7. The molecule has 2 aromatic rings. The van der Waals surface area contributed by atoms with Gasteiger partial charge in [0, 0.05) is 16.1 Å². The predicted molar refractivity (Wildman–Crippen MR) is 81.4 cm³/mol. The van der Waals surface area contributed by atoms with Gasteiger partial charge in [0.25, 0.3) is 0 Å². The van der Waals surface area contributed by atoms with Crippen molar-refractivity contribution < 1.29 is 19.0 Å². The van der Waals surface area contributed by atoms with E-state index in [1.54, 1.807) is 6.07 Å². The van der Waals surface area contributed by atoms with Crippen LogP contribution in [0.4, 0.5) is 0 Å². The third kappa shape index (κ3) is 2.86. The molecule has 5 heteroatoms. The molecule has 1 fully saturated rings. The molecule has 0 spiro atoms. The number of benzene rings is 2. The number of carbonyl (C=O) groups excluding carboxylic acids is 1. The molecule has 1 aliphatic rings. The summed E-state index contributed by atoms with van der Waals surface area (Å²) >= 11 is 6.22. The molecule has 114 valence electrons. The van der Waals surface area contributed by atoms with E-state index in [0.29, 0.717) is 10.6 Å². The monoisotopic (exact) mass is 318 g/mol. The van der Waals surface area contributed by atoms with Crippen molar-refractivity contribution in [3.8, 4) is 0 Å². The molecule has 1 aliphatic heterocycles. The lowest BCUT2D eigenvalue weighted by molar-refractivity contribution is -0.154. The van der Waals surface area contributed by atoms with Crippen LogP contribution in [0.1, 0.15) is 23.5 Å². The van der Waals surface area contributed by atoms with E-state index in [9.17, 15) is 4.79 Å². The molecule has 1 unspecified atom stereocenters. The van der Waals surface area contributed by atoms with E-state index in [1.165, 1.54) is 7.11 Å². The number of rotatable bonds is 3. The lowest BCUT2D eigenvalue weighted by Gasteiger charge is -2.16. The van der Waals surface area contributed by atoms with Crippen LogP contribution in [0.25, 0.3) is 0 Å². The molecule has 0 amide bonds. The molecule has 1 saturated heterocycles. The first-order valence-electron chi connectivity index (χ1n) is 6.89. The van der Waals surface area contributed by atoms with E-state index in [-0.39, 0.29) is 0 Å². The first kappa shape index (κ1) is 15.0. The smallest absolute Gasteiger partial charge is 0.338 e. The van der Waals surface area contributed by atoms with Crippen LogP contribution in [0.3, 0.4) is 0 Å². The van der Waals surface area contributed by atoms with Gasteiger partial charge in [0.2, 0.25) is 0 Å². The Balaban J connectivity index is 1.93. The Morgan fingerprint density at radius 2 is 1.73 bits per heavy atom. The van der Waals surface area contributed by atoms with Gasteiger partial charge in [-0.25, -0.2) is 4.79 Å². The quantitative estimate of drug-likeness (QED) is 0.810. The van der Waals surface area contributed by atoms with Crippen molar-refractivity contribution in [2.24, 2.45) is 0 Å².